The van der Waals surface area contributed by atoms with E-state index in [0.29, 0.717) is 12.2 Å². The molecule has 158 valence electrons. The molecule has 28 heavy (non-hydrogen) atoms. The minimum Gasteiger partial charge on any atom is -0.462 e. The third-order valence-electron chi connectivity index (χ3n) is 5.15. The van der Waals surface area contributed by atoms with Gasteiger partial charge in [-0.15, -0.1) is 0 Å². The Balaban J connectivity index is 1.79. The van der Waals surface area contributed by atoms with Crippen LogP contribution in [0.2, 0.25) is 0 Å². The first-order valence-electron chi connectivity index (χ1n) is 11.7. The quantitative estimate of drug-likeness (QED) is 0.144. The van der Waals surface area contributed by atoms with Crippen LogP contribution in [0.5, 0.6) is 0 Å². The lowest BCUT2D eigenvalue weighted by atomic mass is 10.1. The summed E-state index contributed by atoms with van der Waals surface area (Å²) in [6, 6.07) is 9.22. The van der Waals surface area contributed by atoms with E-state index in [0.717, 1.165) is 12.8 Å². The van der Waals surface area contributed by atoms with Gasteiger partial charge in [-0.25, -0.2) is 4.79 Å². The molecule has 0 N–H and O–H groups in total. The largest absolute Gasteiger partial charge is 0.462 e. The summed E-state index contributed by atoms with van der Waals surface area (Å²) in [5.41, 5.74) is 0.641. The number of carbonyl (C=O) groups is 1. The summed E-state index contributed by atoms with van der Waals surface area (Å²) < 4.78 is 5.30. The maximum absolute atomic E-state index is 11.8. The number of ether oxygens (including phenoxy) is 1. The summed E-state index contributed by atoms with van der Waals surface area (Å²) in [6.07, 6.45) is 24.3. The fourth-order valence-corrected chi connectivity index (χ4v) is 3.35. The molecular weight excluding hydrogens is 344 g/mol. The molecule has 0 heterocycles. The highest BCUT2D eigenvalue weighted by Crippen LogP contribution is 2.11. The molecule has 2 heteroatoms. The first-order valence-corrected chi connectivity index (χ1v) is 11.7. The Labute approximate surface area is 173 Å². The van der Waals surface area contributed by atoms with Gasteiger partial charge < -0.3 is 4.74 Å². The number of allylic oxidation sites excluding steroid dienone is 2. The molecule has 0 saturated heterocycles. The van der Waals surface area contributed by atoms with Crippen LogP contribution in [-0.2, 0) is 4.74 Å². The molecule has 1 rings (SSSR count). The monoisotopic (exact) mass is 386 g/mol. The van der Waals surface area contributed by atoms with Crippen molar-refractivity contribution in [3.8, 4) is 0 Å². The highest BCUT2D eigenvalue weighted by atomic mass is 16.5. The fraction of sp³-hybridized carbons (Fsp3) is 0.654. The van der Waals surface area contributed by atoms with Gasteiger partial charge in [0.05, 0.1) is 12.2 Å². The van der Waals surface area contributed by atoms with Crippen LogP contribution in [0.15, 0.2) is 42.5 Å². The summed E-state index contributed by atoms with van der Waals surface area (Å²) in [5.74, 6) is -0.205. The standard InChI is InChI=1S/C26H42O2/c1-2-3-4-5-6-7-8-9-10-11-12-13-14-15-16-17-21-24-28-26(27)25-22-19-18-20-23-25/h10-11,18-20,22-23H,2-9,12-17,21,24H2,1H3/b11-10-. The molecule has 0 aliphatic carbocycles. The van der Waals surface area contributed by atoms with Crippen LogP contribution in [-0.4, -0.2) is 12.6 Å². The molecule has 0 bridgehead atoms. The molecule has 0 fully saturated rings. The van der Waals surface area contributed by atoms with Crippen molar-refractivity contribution in [2.75, 3.05) is 6.61 Å². The molecule has 0 amide bonds. The fourth-order valence-electron chi connectivity index (χ4n) is 3.35. The van der Waals surface area contributed by atoms with Crippen LogP contribution in [0, 0.1) is 0 Å². The Bertz CT molecular complexity index is 492. The average Bonchev–Trinajstić information content (AvgIpc) is 2.73. The number of hydrogen-bond donors (Lipinski definition) is 0. The minimum absolute atomic E-state index is 0.205. The molecule has 0 unspecified atom stereocenters. The van der Waals surface area contributed by atoms with Gasteiger partial charge in [0.2, 0.25) is 0 Å². The summed E-state index contributed by atoms with van der Waals surface area (Å²) in [5, 5.41) is 0. The summed E-state index contributed by atoms with van der Waals surface area (Å²) in [7, 11) is 0. The number of carbonyl (C=O) groups excluding carboxylic acids is 1. The van der Waals surface area contributed by atoms with Crippen molar-refractivity contribution in [2.45, 2.75) is 103 Å². The first kappa shape index (κ1) is 24.5. The van der Waals surface area contributed by atoms with Gasteiger partial charge in [-0.3, -0.25) is 0 Å². The molecule has 0 aromatic heterocycles. The molecule has 0 atom stereocenters. The first-order chi connectivity index (χ1) is 13.8. The Morgan fingerprint density at radius 1 is 0.714 bits per heavy atom. The minimum atomic E-state index is -0.205. The van der Waals surface area contributed by atoms with Crippen molar-refractivity contribution >= 4 is 5.97 Å². The smallest absolute Gasteiger partial charge is 0.338 e. The lowest BCUT2D eigenvalue weighted by Gasteiger charge is -2.04. The number of rotatable bonds is 18. The highest BCUT2D eigenvalue weighted by Gasteiger charge is 2.04. The third kappa shape index (κ3) is 14.5. The van der Waals surface area contributed by atoms with E-state index < -0.39 is 0 Å². The van der Waals surface area contributed by atoms with E-state index in [9.17, 15) is 4.79 Å². The van der Waals surface area contributed by atoms with Crippen LogP contribution < -0.4 is 0 Å². The van der Waals surface area contributed by atoms with E-state index in [1.165, 1.54) is 83.5 Å². The molecule has 0 aliphatic heterocycles. The van der Waals surface area contributed by atoms with Crippen molar-refractivity contribution in [3.63, 3.8) is 0 Å². The van der Waals surface area contributed by atoms with E-state index in [1.54, 1.807) is 12.1 Å². The Kier molecular flexibility index (Phi) is 16.4. The maximum atomic E-state index is 11.8. The molecule has 0 saturated carbocycles. The topological polar surface area (TPSA) is 26.3 Å². The second kappa shape index (κ2) is 18.8. The maximum Gasteiger partial charge on any atom is 0.338 e. The Hall–Kier alpha value is -1.57. The molecule has 0 radical (unpaired) electrons. The van der Waals surface area contributed by atoms with Crippen LogP contribution in [0.25, 0.3) is 0 Å². The van der Waals surface area contributed by atoms with Gasteiger partial charge in [-0.1, -0.05) is 101 Å². The van der Waals surface area contributed by atoms with Gasteiger partial charge in [0.15, 0.2) is 0 Å². The summed E-state index contributed by atoms with van der Waals surface area (Å²) >= 11 is 0. The third-order valence-corrected chi connectivity index (χ3v) is 5.15. The van der Waals surface area contributed by atoms with Crippen molar-refractivity contribution in [1.82, 2.24) is 0 Å². The number of benzene rings is 1. The van der Waals surface area contributed by atoms with E-state index in [4.69, 9.17) is 4.74 Å². The zero-order valence-corrected chi connectivity index (χ0v) is 18.2. The lowest BCUT2D eigenvalue weighted by molar-refractivity contribution is 0.0497. The molecule has 1 aromatic carbocycles. The van der Waals surface area contributed by atoms with E-state index in [1.807, 2.05) is 18.2 Å². The van der Waals surface area contributed by atoms with Gasteiger partial charge >= 0.3 is 5.97 Å². The summed E-state index contributed by atoms with van der Waals surface area (Å²) in [6.45, 7) is 2.81. The lowest BCUT2D eigenvalue weighted by Crippen LogP contribution is -2.06. The predicted octanol–water partition coefficient (Wildman–Crippen LogP) is 8.27. The SMILES string of the molecule is CCCCCCCCC/C=C\CCCCCCCCOC(=O)c1ccccc1. The molecule has 1 aromatic rings. The average molecular weight is 387 g/mol. The Morgan fingerprint density at radius 2 is 1.21 bits per heavy atom. The van der Waals surface area contributed by atoms with Crippen LogP contribution in [0.1, 0.15) is 114 Å². The Morgan fingerprint density at radius 3 is 1.79 bits per heavy atom. The van der Waals surface area contributed by atoms with Crippen LogP contribution in [0.4, 0.5) is 0 Å². The molecular formula is C26H42O2. The van der Waals surface area contributed by atoms with Crippen molar-refractivity contribution in [2.24, 2.45) is 0 Å². The predicted molar refractivity (Wildman–Crippen MR) is 121 cm³/mol. The van der Waals surface area contributed by atoms with E-state index >= 15 is 0 Å². The van der Waals surface area contributed by atoms with Crippen molar-refractivity contribution in [3.05, 3.63) is 48.0 Å². The molecule has 0 aliphatic rings. The molecule has 0 spiro atoms. The van der Waals surface area contributed by atoms with Crippen molar-refractivity contribution < 1.29 is 9.53 Å². The van der Waals surface area contributed by atoms with Gasteiger partial charge in [0, 0.05) is 0 Å². The van der Waals surface area contributed by atoms with Crippen LogP contribution >= 0.6 is 0 Å². The number of hydrogen-bond acceptors (Lipinski definition) is 2. The van der Waals surface area contributed by atoms with Gasteiger partial charge in [-0.05, 0) is 44.2 Å². The van der Waals surface area contributed by atoms with Crippen molar-refractivity contribution in [1.29, 1.82) is 0 Å². The van der Waals surface area contributed by atoms with Gasteiger partial charge in [-0.2, -0.15) is 0 Å². The van der Waals surface area contributed by atoms with E-state index in [2.05, 4.69) is 19.1 Å². The highest BCUT2D eigenvalue weighted by molar-refractivity contribution is 5.89. The normalized spacial score (nSPS) is 11.2. The summed E-state index contributed by atoms with van der Waals surface area (Å²) in [4.78, 5) is 11.8. The number of esters is 1. The second-order valence-corrected chi connectivity index (χ2v) is 7.79. The van der Waals surface area contributed by atoms with E-state index in [-0.39, 0.29) is 5.97 Å². The van der Waals surface area contributed by atoms with Crippen LogP contribution in [0.3, 0.4) is 0 Å². The zero-order chi connectivity index (χ0) is 20.1. The number of unbranched alkanes of at least 4 members (excludes halogenated alkanes) is 13. The second-order valence-electron chi connectivity index (χ2n) is 7.79. The van der Waals surface area contributed by atoms with Gasteiger partial charge in [0.1, 0.15) is 0 Å². The molecule has 2 nitrogen and oxygen atoms in total. The zero-order valence-electron chi connectivity index (χ0n) is 18.2. The van der Waals surface area contributed by atoms with Gasteiger partial charge in [0.25, 0.3) is 0 Å².